The summed E-state index contributed by atoms with van der Waals surface area (Å²) in [5, 5.41) is 3.79. The van der Waals surface area contributed by atoms with Gasteiger partial charge in [-0.05, 0) is 24.6 Å². The third-order valence-electron chi connectivity index (χ3n) is 3.05. The highest BCUT2D eigenvalue weighted by atomic mass is 35.5. The van der Waals surface area contributed by atoms with Crippen LogP contribution in [0.3, 0.4) is 0 Å². The maximum absolute atomic E-state index is 12.1. The fourth-order valence-corrected chi connectivity index (χ4v) is 1.82. The van der Waals surface area contributed by atoms with Crippen molar-refractivity contribution in [3.8, 4) is 0 Å². The number of hydrogen-bond donors (Lipinski definition) is 1. The molecule has 0 aliphatic carbocycles. The number of benzene rings is 1. The van der Waals surface area contributed by atoms with Gasteiger partial charge in [-0.15, -0.1) is 0 Å². The lowest BCUT2D eigenvalue weighted by Gasteiger charge is -2.35. The van der Waals surface area contributed by atoms with Crippen molar-refractivity contribution in [2.75, 3.05) is 20.1 Å². The van der Waals surface area contributed by atoms with E-state index in [9.17, 15) is 4.79 Å². The van der Waals surface area contributed by atoms with Crippen LogP contribution in [-0.4, -0.2) is 37.0 Å². The van der Waals surface area contributed by atoms with Crippen LogP contribution in [0.5, 0.6) is 0 Å². The van der Waals surface area contributed by atoms with Gasteiger partial charge < -0.3 is 10.2 Å². The molecule has 0 aromatic heterocycles. The summed E-state index contributed by atoms with van der Waals surface area (Å²) in [5.41, 5.74) is 1.65. The Hall–Kier alpha value is -1.06. The molecule has 4 heteroatoms. The smallest absolute Gasteiger partial charge is 0.253 e. The number of rotatable bonds is 2. The molecule has 2 rings (SSSR count). The van der Waals surface area contributed by atoms with E-state index in [0.717, 1.165) is 18.7 Å². The highest BCUT2D eigenvalue weighted by Crippen LogP contribution is 2.18. The van der Waals surface area contributed by atoms with Crippen LogP contribution < -0.4 is 5.32 Å². The maximum Gasteiger partial charge on any atom is 0.253 e. The molecule has 86 valence electrons. The van der Waals surface area contributed by atoms with Gasteiger partial charge in [-0.25, -0.2) is 0 Å². The summed E-state index contributed by atoms with van der Waals surface area (Å²) < 4.78 is 0. The molecule has 1 saturated heterocycles. The second-order valence-electron chi connectivity index (χ2n) is 4.19. The van der Waals surface area contributed by atoms with E-state index in [0.29, 0.717) is 16.6 Å². The van der Waals surface area contributed by atoms with Crippen LogP contribution >= 0.6 is 11.6 Å². The molecule has 1 aromatic carbocycles. The summed E-state index contributed by atoms with van der Waals surface area (Å²) in [6.45, 7) is 3.68. The van der Waals surface area contributed by atoms with E-state index in [1.54, 1.807) is 11.0 Å². The first-order valence-electron chi connectivity index (χ1n) is 5.33. The zero-order valence-electron chi connectivity index (χ0n) is 9.46. The Kier molecular flexibility index (Phi) is 3.17. The number of amides is 1. The van der Waals surface area contributed by atoms with E-state index in [1.807, 2.05) is 26.1 Å². The fourth-order valence-electron chi connectivity index (χ4n) is 1.64. The lowest BCUT2D eigenvalue weighted by Crippen LogP contribution is -2.57. The molecule has 0 atom stereocenters. The van der Waals surface area contributed by atoms with Gasteiger partial charge in [0.05, 0.1) is 6.04 Å². The molecule has 3 nitrogen and oxygen atoms in total. The summed E-state index contributed by atoms with van der Waals surface area (Å²) in [7, 11) is 1.83. The largest absolute Gasteiger partial charge is 0.336 e. The molecule has 1 aromatic rings. The van der Waals surface area contributed by atoms with E-state index in [1.165, 1.54) is 0 Å². The van der Waals surface area contributed by atoms with Crippen molar-refractivity contribution in [3.05, 3.63) is 34.3 Å². The number of nitrogens with zero attached hydrogens (tertiary/aromatic N) is 1. The normalized spacial score (nSPS) is 15.7. The minimum atomic E-state index is 0.0356. The standard InChI is InChI=1S/C12H15ClN2O/c1-8-3-4-9(5-11(8)13)12(16)15(2)10-6-14-7-10/h3-5,10,14H,6-7H2,1-2H3. The molecule has 0 unspecified atom stereocenters. The van der Waals surface area contributed by atoms with E-state index in [4.69, 9.17) is 11.6 Å². The Morgan fingerprint density at radius 2 is 2.19 bits per heavy atom. The third kappa shape index (κ3) is 2.06. The van der Waals surface area contributed by atoms with Gasteiger partial charge in [-0.2, -0.15) is 0 Å². The molecular weight excluding hydrogens is 224 g/mol. The Balaban J connectivity index is 2.16. The minimum absolute atomic E-state index is 0.0356. The monoisotopic (exact) mass is 238 g/mol. The van der Waals surface area contributed by atoms with Crippen molar-refractivity contribution in [1.29, 1.82) is 0 Å². The Labute approximate surface area is 100 Å². The molecule has 1 amide bonds. The zero-order chi connectivity index (χ0) is 11.7. The number of nitrogens with one attached hydrogen (secondary N) is 1. The van der Waals surface area contributed by atoms with Crippen molar-refractivity contribution in [3.63, 3.8) is 0 Å². The second kappa shape index (κ2) is 4.44. The molecule has 1 N–H and O–H groups in total. The quantitative estimate of drug-likeness (QED) is 0.851. The molecular formula is C12H15ClN2O. The van der Waals surface area contributed by atoms with Gasteiger partial charge in [0.25, 0.3) is 5.91 Å². The SMILES string of the molecule is Cc1ccc(C(=O)N(C)C2CNC2)cc1Cl. The second-order valence-corrected chi connectivity index (χ2v) is 4.60. The van der Waals surface area contributed by atoms with Gasteiger partial charge in [0.15, 0.2) is 0 Å². The fraction of sp³-hybridized carbons (Fsp3) is 0.417. The summed E-state index contributed by atoms with van der Waals surface area (Å²) in [6, 6.07) is 5.75. The van der Waals surface area contributed by atoms with Gasteiger partial charge in [0, 0.05) is 30.7 Å². The average Bonchev–Trinajstić information content (AvgIpc) is 2.18. The van der Waals surface area contributed by atoms with Crippen molar-refractivity contribution in [2.45, 2.75) is 13.0 Å². The molecule has 1 aliphatic heterocycles. The Bertz CT molecular complexity index is 415. The van der Waals surface area contributed by atoms with Gasteiger partial charge in [0.2, 0.25) is 0 Å². The lowest BCUT2D eigenvalue weighted by molar-refractivity contribution is 0.0681. The maximum atomic E-state index is 12.1. The highest BCUT2D eigenvalue weighted by molar-refractivity contribution is 6.31. The first-order chi connectivity index (χ1) is 7.59. The van der Waals surface area contributed by atoms with Crippen molar-refractivity contribution < 1.29 is 4.79 Å². The lowest BCUT2D eigenvalue weighted by atomic mass is 10.1. The number of halogens is 1. The van der Waals surface area contributed by atoms with Crippen LogP contribution in [-0.2, 0) is 0 Å². The Morgan fingerprint density at radius 1 is 1.50 bits per heavy atom. The topological polar surface area (TPSA) is 32.3 Å². The number of carbonyl (C=O) groups is 1. The summed E-state index contributed by atoms with van der Waals surface area (Å²) in [4.78, 5) is 13.9. The van der Waals surface area contributed by atoms with Crippen LogP contribution in [0.15, 0.2) is 18.2 Å². The van der Waals surface area contributed by atoms with Crippen molar-refractivity contribution >= 4 is 17.5 Å². The summed E-state index contributed by atoms with van der Waals surface area (Å²) in [5.74, 6) is 0.0356. The van der Waals surface area contributed by atoms with E-state index < -0.39 is 0 Å². The van der Waals surface area contributed by atoms with E-state index >= 15 is 0 Å². The molecule has 0 spiro atoms. The van der Waals surface area contributed by atoms with Crippen LogP contribution in [0.1, 0.15) is 15.9 Å². The van der Waals surface area contributed by atoms with Crippen LogP contribution in [0.2, 0.25) is 5.02 Å². The van der Waals surface area contributed by atoms with Crippen LogP contribution in [0.25, 0.3) is 0 Å². The predicted molar refractivity (Wildman–Crippen MR) is 64.9 cm³/mol. The summed E-state index contributed by atoms with van der Waals surface area (Å²) >= 11 is 6.01. The molecule has 16 heavy (non-hydrogen) atoms. The minimum Gasteiger partial charge on any atom is -0.336 e. The molecule has 1 fully saturated rings. The number of likely N-dealkylation sites (N-methyl/N-ethyl adjacent to an activating group) is 1. The van der Waals surface area contributed by atoms with Gasteiger partial charge >= 0.3 is 0 Å². The molecule has 1 heterocycles. The molecule has 0 bridgehead atoms. The van der Waals surface area contributed by atoms with Crippen molar-refractivity contribution in [1.82, 2.24) is 10.2 Å². The average molecular weight is 239 g/mol. The van der Waals surface area contributed by atoms with Crippen molar-refractivity contribution in [2.24, 2.45) is 0 Å². The van der Waals surface area contributed by atoms with Gasteiger partial charge in [0.1, 0.15) is 0 Å². The molecule has 1 aliphatic rings. The van der Waals surface area contributed by atoms with Crippen LogP contribution in [0, 0.1) is 6.92 Å². The number of carbonyl (C=O) groups excluding carboxylic acids is 1. The number of aryl methyl sites for hydroxylation is 1. The first-order valence-corrected chi connectivity index (χ1v) is 5.71. The Morgan fingerprint density at radius 3 is 2.69 bits per heavy atom. The molecule has 0 radical (unpaired) electrons. The van der Waals surface area contributed by atoms with Crippen LogP contribution in [0.4, 0.5) is 0 Å². The highest BCUT2D eigenvalue weighted by Gasteiger charge is 2.26. The van der Waals surface area contributed by atoms with Gasteiger partial charge in [-0.1, -0.05) is 17.7 Å². The van der Waals surface area contributed by atoms with Gasteiger partial charge in [-0.3, -0.25) is 4.79 Å². The van der Waals surface area contributed by atoms with E-state index in [-0.39, 0.29) is 5.91 Å². The summed E-state index contributed by atoms with van der Waals surface area (Å²) in [6.07, 6.45) is 0. The molecule has 0 saturated carbocycles. The number of hydrogen-bond acceptors (Lipinski definition) is 2. The first kappa shape index (κ1) is 11.4. The predicted octanol–water partition coefficient (Wildman–Crippen LogP) is 1.69. The van der Waals surface area contributed by atoms with E-state index in [2.05, 4.69) is 5.32 Å². The third-order valence-corrected chi connectivity index (χ3v) is 3.45. The zero-order valence-corrected chi connectivity index (χ0v) is 10.2.